The Balaban J connectivity index is 1.86. The van der Waals surface area contributed by atoms with E-state index in [-0.39, 0.29) is 5.91 Å². The van der Waals surface area contributed by atoms with Crippen molar-refractivity contribution in [1.82, 2.24) is 15.1 Å². The molecule has 0 saturated heterocycles. The van der Waals surface area contributed by atoms with Gasteiger partial charge in [-0.1, -0.05) is 12.1 Å². The zero-order valence-electron chi connectivity index (χ0n) is 10.8. The molecule has 1 N–H and O–H groups in total. The highest BCUT2D eigenvalue weighted by Crippen LogP contribution is 2.27. The highest BCUT2D eigenvalue weighted by molar-refractivity contribution is 9.10. The molecule has 2 aromatic heterocycles. The lowest BCUT2D eigenvalue weighted by atomic mass is 10.2. The van der Waals surface area contributed by atoms with E-state index in [0.717, 1.165) is 15.4 Å². The summed E-state index contributed by atoms with van der Waals surface area (Å²) in [5, 5.41) is 7.49. The predicted octanol–water partition coefficient (Wildman–Crippen LogP) is 3.19. The van der Waals surface area contributed by atoms with Gasteiger partial charge >= 0.3 is 0 Å². The highest BCUT2D eigenvalue weighted by Gasteiger charge is 2.18. The first-order valence-corrected chi connectivity index (χ1v) is 6.85. The monoisotopic (exact) mass is 333 g/mol. The second-order valence-corrected chi connectivity index (χ2v) is 5.39. The molecule has 20 heavy (non-hydrogen) atoms. The lowest BCUT2D eigenvalue weighted by Gasteiger charge is -2.14. The molecule has 1 amide bonds. The van der Waals surface area contributed by atoms with Crippen LogP contribution in [0.15, 0.2) is 45.5 Å². The van der Waals surface area contributed by atoms with Gasteiger partial charge in [0.1, 0.15) is 5.58 Å². The summed E-state index contributed by atoms with van der Waals surface area (Å²) in [4.78, 5) is 13.9. The maximum atomic E-state index is 12.3. The molecular formula is C14H12BrN3O2. The van der Waals surface area contributed by atoms with Crippen molar-refractivity contribution in [2.45, 2.75) is 6.54 Å². The number of benzene rings is 1. The number of amides is 1. The van der Waals surface area contributed by atoms with Crippen molar-refractivity contribution < 1.29 is 9.21 Å². The number of carbonyl (C=O) groups is 1. The third-order valence-corrected chi connectivity index (χ3v) is 3.65. The molecule has 1 aromatic carbocycles. The number of rotatable bonds is 3. The minimum Gasteiger partial charge on any atom is -0.450 e. The summed E-state index contributed by atoms with van der Waals surface area (Å²) in [5.74, 6) is 0.173. The molecule has 0 spiro atoms. The summed E-state index contributed by atoms with van der Waals surface area (Å²) < 4.78 is 6.48. The topological polar surface area (TPSA) is 62.1 Å². The van der Waals surface area contributed by atoms with Crippen LogP contribution in [-0.4, -0.2) is 28.1 Å². The maximum Gasteiger partial charge on any atom is 0.289 e. The van der Waals surface area contributed by atoms with Crippen LogP contribution in [0.1, 0.15) is 16.1 Å². The Labute approximate surface area is 123 Å². The van der Waals surface area contributed by atoms with Gasteiger partial charge in [0.25, 0.3) is 5.91 Å². The lowest BCUT2D eigenvalue weighted by Crippen LogP contribution is -2.25. The summed E-state index contributed by atoms with van der Waals surface area (Å²) >= 11 is 3.41. The average molecular weight is 334 g/mol. The normalized spacial score (nSPS) is 10.9. The fraction of sp³-hybridized carbons (Fsp3) is 0.143. The number of hydrogen-bond acceptors (Lipinski definition) is 3. The van der Waals surface area contributed by atoms with Gasteiger partial charge < -0.3 is 9.32 Å². The molecule has 3 aromatic rings. The van der Waals surface area contributed by atoms with Crippen molar-refractivity contribution in [3.8, 4) is 0 Å². The summed E-state index contributed by atoms with van der Waals surface area (Å²) in [6, 6.07) is 7.46. The molecule has 102 valence electrons. The average Bonchev–Trinajstić information content (AvgIpc) is 3.07. The number of aromatic nitrogens is 2. The lowest BCUT2D eigenvalue weighted by molar-refractivity contribution is 0.0756. The number of H-pyrrole nitrogens is 1. The molecule has 0 aliphatic rings. The van der Waals surface area contributed by atoms with Crippen molar-refractivity contribution in [2.24, 2.45) is 0 Å². The van der Waals surface area contributed by atoms with Gasteiger partial charge in [0.05, 0.1) is 10.7 Å². The van der Waals surface area contributed by atoms with Crippen molar-refractivity contribution in [2.75, 3.05) is 7.05 Å². The fourth-order valence-electron chi connectivity index (χ4n) is 2.03. The zero-order valence-corrected chi connectivity index (χ0v) is 12.3. The van der Waals surface area contributed by atoms with Crippen LogP contribution in [0, 0.1) is 0 Å². The largest absolute Gasteiger partial charge is 0.450 e. The van der Waals surface area contributed by atoms with Gasteiger partial charge in [-0.2, -0.15) is 5.10 Å². The van der Waals surface area contributed by atoms with Crippen molar-refractivity contribution in [1.29, 1.82) is 0 Å². The molecule has 0 bridgehead atoms. The fourth-order valence-corrected chi connectivity index (χ4v) is 2.49. The minimum absolute atomic E-state index is 0.158. The van der Waals surface area contributed by atoms with Crippen LogP contribution >= 0.6 is 15.9 Å². The molecule has 0 saturated carbocycles. The molecule has 2 heterocycles. The first-order chi connectivity index (χ1) is 9.65. The Morgan fingerprint density at radius 2 is 2.35 bits per heavy atom. The molecule has 0 radical (unpaired) electrons. The standard InChI is InChI=1S/C14H12BrN3O2/c1-18(8-9-6-16-17-7-9)14(19)12-5-10-3-2-4-11(15)13(10)20-12/h2-7H,8H2,1H3,(H,16,17). The molecule has 0 atom stereocenters. The number of nitrogens with zero attached hydrogens (tertiary/aromatic N) is 2. The van der Waals surface area contributed by atoms with E-state index in [4.69, 9.17) is 4.42 Å². The Bertz CT molecular complexity index is 749. The molecule has 0 aliphatic carbocycles. The number of para-hydroxylation sites is 1. The summed E-state index contributed by atoms with van der Waals surface area (Å²) in [6.07, 6.45) is 3.46. The van der Waals surface area contributed by atoms with Gasteiger partial charge in [-0.05, 0) is 28.1 Å². The van der Waals surface area contributed by atoms with Gasteiger partial charge in [-0.25, -0.2) is 0 Å². The molecular weight excluding hydrogens is 322 g/mol. The van der Waals surface area contributed by atoms with Gasteiger partial charge in [0, 0.05) is 30.7 Å². The minimum atomic E-state index is -0.158. The number of halogens is 1. The van der Waals surface area contributed by atoms with Gasteiger partial charge in [0.2, 0.25) is 0 Å². The Morgan fingerprint density at radius 3 is 3.05 bits per heavy atom. The Morgan fingerprint density at radius 1 is 1.50 bits per heavy atom. The summed E-state index contributed by atoms with van der Waals surface area (Å²) in [5.41, 5.74) is 1.63. The molecule has 5 nitrogen and oxygen atoms in total. The van der Waals surface area contributed by atoms with Crippen LogP contribution in [-0.2, 0) is 6.54 Å². The quantitative estimate of drug-likeness (QED) is 0.800. The second kappa shape index (κ2) is 5.13. The van der Waals surface area contributed by atoms with E-state index >= 15 is 0 Å². The number of furan rings is 1. The first-order valence-electron chi connectivity index (χ1n) is 6.06. The van der Waals surface area contributed by atoms with E-state index in [1.165, 1.54) is 0 Å². The van der Waals surface area contributed by atoms with E-state index < -0.39 is 0 Å². The van der Waals surface area contributed by atoms with Crippen molar-refractivity contribution in [3.63, 3.8) is 0 Å². The Kier molecular flexibility index (Phi) is 3.31. The smallest absolute Gasteiger partial charge is 0.289 e. The number of nitrogens with one attached hydrogen (secondary N) is 1. The predicted molar refractivity (Wildman–Crippen MR) is 78.3 cm³/mol. The van der Waals surface area contributed by atoms with Crippen molar-refractivity contribution in [3.05, 3.63) is 52.5 Å². The van der Waals surface area contributed by atoms with E-state index in [0.29, 0.717) is 17.9 Å². The number of aromatic amines is 1. The van der Waals surface area contributed by atoms with Crippen LogP contribution in [0.3, 0.4) is 0 Å². The summed E-state index contributed by atoms with van der Waals surface area (Å²) in [7, 11) is 1.73. The molecule has 0 aliphatic heterocycles. The summed E-state index contributed by atoms with van der Waals surface area (Å²) in [6.45, 7) is 0.480. The Hall–Kier alpha value is -2.08. The molecule has 0 fully saturated rings. The van der Waals surface area contributed by atoms with Crippen LogP contribution in [0.5, 0.6) is 0 Å². The van der Waals surface area contributed by atoms with Crippen LogP contribution in [0.4, 0.5) is 0 Å². The van der Waals surface area contributed by atoms with Crippen molar-refractivity contribution >= 4 is 32.8 Å². The third kappa shape index (κ3) is 2.34. The van der Waals surface area contributed by atoms with Crippen LogP contribution in [0.2, 0.25) is 0 Å². The van der Waals surface area contributed by atoms with Gasteiger partial charge in [-0.15, -0.1) is 0 Å². The van der Waals surface area contributed by atoms with E-state index in [2.05, 4.69) is 26.1 Å². The number of fused-ring (bicyclic) bond motifs is 1. The van der Waals surface area contributed by atoms with Gasteiger partial charge in [0.15, 0.2) is 5.76 Å². The molecule has 3 rings (SSSR count). The van der Waals surface area contributed by atoms with E-state index in [1.807, 2.05) is 18.2 Å². The second-order valence-electron chi connectivity index (χ2n) is 4.54. The van der Waals surface area contributed by atoms with Crippen LogP contribution in [0.25, 0.3) is 11.0 Å². The first kappa shape index (κ1) is 12.9. The maximum absolute atomic E-state index is 12.3. The number of carbonyl (C=O) groups excluding carboxylic acids is 1. The SMILES string of the molecule is CN(Cc1cn[nH]c1)C(=O)c1cc2cccc(Br)c2o1. The molecule has 0 unspecified atom stereocenters. The van der Waals surface area contributed by atoms with E-state index in [1.54, 1.807) is 30.4 Å². The zero-order chi connectivity index (χ0) is 14.1. The number of hydrogen-bond donors (Lipinski definition) is 1. The third-order valence-electron chi connectivity index (χ3n) is 3.03. The molecule has 6 heteroatoms. The van der Waals surface area contributed by atoms with Crippen LogP contribution < -0.4 is 0 Å². The highest BCUT2D eigenvalue weighted by atomic mass is 79.9. The van der Waals surface area contributed by atoms with E-state index in [9.17, 15) is 4.79 Å². The van der Waals surface area contributed by atoms with Gasteiger partial charge in [-0.3, -0.25) is 9.89 Å².